The number of carbonyl (C=O) groups is 1. The monoisotopic (exact) mass is 283 g/mol. The first kappa shape index (κ1) is 15.1. The van der Waals surface area contributed by atoms with Crippen LogP contribution in [0.2, 0.25) is 0 Å². The molecule has 0 unspecified atom stereocenters. The number of anilines is 2. The maximum atomic E-state index is 11.9. The van der Waals surface area contributed by atoms with Crippen LogP contribution in [0.4, 0.5) is 16.2 Å². The van der Waals surface area contributed by atoms with E-state index in [1.54, 1.807) is 0 Å². The van der Waals surface area contributed by atoms with Crippen LogP contribution >= 0.6 is 0 Å². The van der Waals surface area contributed by atoms with Crippen molar-refractivity contribution in [2.24, 2.45) is 5.73 Å². The fourth-order valence-corrected chi connectivity index (χ4v) is 2.04. The summed E-state index contributed by atoms with van der Waals surface area (Å²) in [5.74, 6) is 0. The summed E-state index contributed by atoms with van der Waals surface area (Å²) in [5.41, 5.74) is 9.41. The summed E-state index contributed by atoms with van der Waals surface area (Å²) in [7, 11) is 0. The molecule has 0 radical (unpaired) electrons. The third-order valence-corrected chi connectivity index (χ3v) is 3.16. The molecule has 110 valence electrons. The van der Waals surface area contributed by atoms with Gasteiger partial charge in [0, 0.05) is 11.4 Å². The molecule has 0 atom stereocenters. The van der Waals surface area contributed by atoms with Crippen molar-refractivity contribution in [1.82, 2.24) is 0 Å². The van der Waals surface area contributed by atoms with Crippen LogP contribution in [0.1, 0.15) is 17.5 Å². The van der Waals surface area contributed by atoms with E-state index < -0.39 is 0 Å². The molecule has 0 heterocycles. The number of rotatable bonds is 5. The van der Waals surface area contributed by atoms with Crippen LogP contribution in [0.15, 0.2) is 48.5 Å². The summed E-state index contributed by atoms with van der Waals surface area (Å²) in [4.78, 5) is 11.9. The maximum Gasteiger partial charge on any atom is 0.323 e. The average molecular weight is 283 g/mol. The molecule has 0 bridgehead atoms. The highest BCUT2D eigenvalue weighted by molar-refractivity contribution is 5.99. The Balaban J connectivity index is 1.94. The lowest BCUT2D eigenvalue weighted by molar-refractivity contribution is 0.262. The quantitative estimate of drug-likeness (QED) is 0.785. The topological polar surface area (TPSA) is 67.2 Å². The second kappa shape index (κ2) is 7.45. The van der Waals surface area contributed by atoms with E-state index >= 15 is 0 Å². The second-order valence-corrected chi connectivity index (χ2v) is 5.04. The molecular weight excluding hydrogens is 262 g/mol. The summed E-state index contributed by atoms with van der Waals surface area (Å²) in [6.07, 6.45) is 1.87. The molecule has 0 saturated carbocycles. The predicted octanol–water partition coefficient (Wildman–Crippen LogP) is 3.53. The van der Waals surface area contributed by atoms with Crippen molar-refractivity contribution in [2.75, 3.05) is 17.2 Å². The SMILES string of the molecule is Cc1ccc(NC(=O)Nc2cccc(CCCN)c2)cc1. The lowest BCUT2D eigenvalue weighted by atomic mass is 10.1. The van der Waals surface area contributed by atoms with Gasteiger partial charge in [-0.05, 0) is 56.1 Å². The van der Waals surface area contributed by atoms with E-state index in [1.165, 1.54) is 5.56 Å². The van der Waals surface area contributed by atoms with Gasteiger partial charge in [-0.1, -0.05) is 29.8 Å². The van der Waals surface area contributed by atoms with Crippen molar-refractivity contribution in [1.29, 1.82) is 0 Å². The van der Waals surface area contributed by atoms with Gasteiger partial charge < -0.3 is 16.4 Å². The standard InChI is InChI=1S/C17H21N3O/c1-13-7-9-15(10-8-13)19-17(21)20-16-6-2-4-14(12-16)5-3-11-18/h2,4,6-10,12H,3,5,11,18H2,1H3,(H2,19,20,21). The predicted molar refractivity (Wildman–Crippen MR) is 87.6 cm³/mol. The first-order chi connectivity index (χ1) is 10.2. The van der Waals surface area contributed by atoms with Gasteiger partial charge in [0.25, 0.3) is 0 Å². The van der Waals surface area contributed by atoms with Crippen LogP contribution < -0.4 is 16.4 Å². The number of amides is 2. The van der Waals surface area contributed by atoms with Crippen LogP contribution in [0.25, 0.3) is 0 Å². The van der Waals surface area contributed by atoms with Gasteiger partial charge in [0.1, 0.15) is 0 Å². The number of nitrogens with one attached hydrogen (secondary N) is 2. The molecule has 2 rings (SSSR count). The molecule has 4 N–H and O–H groups in total. The molecule has 21 heavy (non-hydrogen) atoms. The average Bonchev–Trinajstić information content (AvgIpc) is 2.48. The highest BCUT2D eigenvalue weighted by Gasteiger charge is 2.03. The van der Waals surface area contributed by atoms with Crippen LogP contribution in [-0.2, 0) is 6.42 Å². The first-order valence-electron chi connectivity index (χ1n) is 7.11. The summed E-state index contributed by atoms with van der Waals surface area (Å²) in [5, 5.41) is 5.65. The summed E-state index contributed by atoms with van der Waals surface area (Å²) >= 11 is 0. The van der Waals surface area contributed by atoms with Crippen LogP contribution in [0.5, 0.6) is 0 Å². The molecule has 0 aliphatic heterocycles. The number of hydrogen-bond donors (Lipinski definition) is 3. The minimum atomic E-state index is -0.241. The molecule has 0 fully saturated rings. The third kappa shape index (κ3) is 4.93. The van der Waals surface area contributed by atoms with E-state index in [4.69, 9.17) is 5.73 Å². The smallest absolute Gasteiger partial charge is 0.323 e. The number of carbonyl (C=O) groups excluding carboxylic acids is 1. The highest BCUT2D eigenvalue weighted by Crippen LogP contribution is 2.13. The fraction of sp³-hybridized carbons (Fsp3) is 0.235. The summed E-state index contributed by atoms with van der Waals surface area (Å²) in [6.45, 7) is 2.68. The van der Waals surface area contributed by atoms with E-state index in [2.05, 4.69) is 10.6 Å². The van der Waals surface area contributed by atoms with Crippen molar-refractivity contribution < 1.29 is 4.79 Å². The molecule has 2 aromatic rings. The zero-order chi connectivity index (χ0) is 15.1. The van der Waals surface area contributed by atoms with E-state index in [1.807, 2.05) is 55.5 Å². The van der Waals surface area contributed by atoms with E-state index in [9.17, 15) is 4.79 Å². The minimum absolute atomic E-state index is 0.241. The number of aryl methyl sites for hydroxylation is 2. The van der Waals surface area contributed by atoms with Gasteiger partial charge in [0.15, 0.2) is 0 Å². The lowest BCUT2D eigenvalue weighted by Crippen LogP contribution is -2.19. The van der Waals surface area contributed by atoms with Crippen LogP contribution in [-0.4, -0.2) is 12.6 Å². The van der Waals surface area contributed by atoms with E-state index in [0.29, 0.717) is 6.54 Å². The van der Waals surface area contributed by atoms with Gasteiger partial charge in [-0.3, -0.25) is 0 Å². The Morgan fingerprint density at radius 3 is 2.48 bits per heavy atom. The van der Waals surface area contributed by atoms with Crippen molar-refractivity contribution in [3.8, 4) is 0 Å². The second-order valence-electron chi connectivity index (χ2n) is 5.04. The van der Waals surface area contributed by atoms with Crippen molar-refractivity contribution in [2.45, 2.75) is 19.8 Å². The molecule has 0 aromatic heterocycles. The number of nitrogens with two attached hydrogens (primary N) is 1. The Kier molecular flexibility index (Phi) is 5.35. The first-order valence-corrected chi connectivity index (χ1v) is 7.11. The number of benzene rings is 2. The van der Waals surface area contributed by atoms with Gasteiger partial charge in [0.05, 0.1) is 0 Å². The lowest BCUT2D eigenvalue weighted by Gasteiger charge is -2.09. The Labute approximate surface area is 125 Å². The molecule has 0 aliphatic carbocycles. The molecular formula is C17H21N3O. The summed E-state index contributed by atoms with van der Waals surface area (Å²) in [6, 6.07) is 15.3. The zero-order valence-electron chi connectivity index (χ0n) is 12.2. The normalized spacial score (nSPS) is 10.2. The Hall–Kier alpha value is -2.33. The maximum absolute atomic E-state index is 11.9. The van der Waals surface area contributed by atoms with Gasteiger partial charge in [-0.25, -0.2) is 4.79 Å². The van der Waals surface area contributed by atoms with Gasteiger partial charge >= 0.3 is 6.03 Å². The molecule has 0 aliphatic rings. The van der Waals surface area contributed by atoms with Gasteiger partial charge in [-0.2, -0.15) is 0 Å². The molecule has 4 nitrogen and oxygen atoms in total. The van der Waals surface area contributed by atoms with Gasteiger partial charge in [-0.15, -0.1) is 0 Å². The largest absolute Gasteiger partial charge is 0.330 e. The highest BCUT2D eigenvalue weighted by atomic mass is 16.2. The molecule has 0 spiro atoms. The molecule has 0 saturated heterocycles. The fourth-order valence-electron chi connectivity index (χ4n) is 2.04. The summed E-state index contributed by atoms with van der Waals surface area (Å²) < 4.78 is 0. The van der Waals surface area contributed by atoms with Crippen LogP contribution in [0.3, 0.4) is 0 Å². The molecule has 2 aromatic carbocycles. The van der Waals surface area contributed by atoms with Crippen LogP contribution in [0, 0.1) is 6.92 Å². The Morgan fingerprint density at radius 2 is 1.76 bits per heavy atom. The van der Waals surface area contributed by atoms with E-state index in [-0.39, 0.29) is 6.03 Å². The molecule has 4 heteroatoms. The Bertz CT molecular complexity index is 593. The van der Waals surface area contributed by atoms with Gasteiger partial charge in [0.2, 0.25) is 0 Å². The zero-order valence-corrected chi connectivity index (χ0v) is 12.2. The third-order valence-electron chi connectivity index (χ3n) is 3.16. The number of urea groups is 1. The van der Waals surface area contributed by atoms with E-state index in [0.717, 1.165) is 29.8 Å². The Morgan fingerprint density at radius 1 is 1.05 bits per heavy atom. The molecule has 2 amide bonds. The van der Waals surface area contributed by atoms with Crippen molar-refractivity contribution in [3.63, 3.8) is 0 Å². The van der Waals surface area contributed by atoms with Crippen molar-refractivity contribution >= 4 is 17.4 Å². The minimum Gasteiger partial charge on any atom is -0.330 e. The van der Waals surface area contributed by atoms with Crippen molar-refractivity contribution in [3.05, 3.63) is 59.7 Å². The number of hydrogen-bond acceptors (Lipinski definition) is 2.